The summed E-state index contributed by atoms with van der Waals surface area (Å²) in [6, 6.07) is 3.82. The van der Waals surface area contributed by atoms with Crippen LogP contribution in [0.5, 0.6) is 5.75 Å². The van der Waals surface area contributed by atoms with Gasteiger partial charge in [0, 0.05) is 29.5 Å². The Labute approximate surface area is 159 Å². The molecule has 0 saturated heterocycles. The van der Waals surface area contributed by atoms with E-state index in [1.54, 1.807) is 0 Å². The second-order valence-corrected chi connectivity index (χ2v) is 7.57. The Morgan fingerprint density at radius 3 is 2.70 bits per heavy atom. The molecule has 3 rings (SSSR count). The van der Waals surface area contributed by atoms with Crippen LogP contribution in [-0.4, -0.2) is 39.7 Å². The van der Waals surface area contributed by atoms with E-state index in [0.29, 0.717) is 17.9 Å². The summed E-state index contributed by atoms with van der Waals surface area (Å²) in [5, 5.41) is 3.85. The average Bonchev–Trinajstić information content (AvgIpc) is 2.65. The third kappa shape index (κ3) is 4.50. The third-order valence-electron chi connectivity index (χ3n) is 5.12. The summed E-state index contributed by atoms with van der Waals surface area (Å²) in [6.07, 6.45) is 4.76. The predicted octanol–water partition coefficient (Wildman–Crippen LogP) is 1.01. The van der Waals surface area contributed by atoms with Gasteiger partial charge in [-0.25, -0.2) is 4.79 Å². The molecule has 0 atom stereocenters. The van der Waals surface area contributed by atoms with Crippen molar-refractivity contribution < 1.29 is 18.8 Å². The molecule has 1 aliphatic carbocycles. The van der Waals surface area contributed by atoms with Gasteiger partial charge >= 0.3 is 5.63 Å². The number of fused-ring (bicyclic) bond motifs is 3. The van der Waals surface area contributed by atoms with Crippen LogP contribution in [-0.2, 0) is 17.6 Å². The first-order valence-corrected chi connectivity index (χ1v) is 9.74. The Kier molecular flexibility index (Phi) is 6.16. The lowest BCUT2D eigenvalue weighted by Crippen LogP contribution is -3.05. The standard InChI is InChI=1S/C21H28N2O4/c1-14-18(26-13-19(24)22-11-6-12-23(2)3)10-9-16-15-7-4-5-8-17(15)21(25)27-20(14)16/h9-10H,4-8,11-13H2,1-3H3,(H,22,24)/p+1. The number of quaternary nitrogens is 1. The molecule has 0 unspecified atom stereocenters. The quantitative estimate of drug-likeness (QED) is 0.561. The fraction of sp³-hybridized carbons (Fsp3) is 0.524. The van der Waals surface area contributed by atoms with E-state index in [2.05, 4.69) is 19.4 Å². The van der Waals surface area contributed by atoms with Crippen LogP contribution in [0.15, 0.2) is 21.3 Å². The van der Waals surface area contributed by atoms with Gasteiger partial charge in [-0.15, -0.1) is 0 Å². The first kappa shape index (κ1) is 19.4. The van der Waals surface area contributed by atoms with Crippen molar-refractivity contribution in [2.45, 2.75) is 39.0 Å². The molecular weight excluding hydrogens is 344 g/mol. The number of amides is 1. The highest BCUT2D eigenvalue weighted by molar-refractivity contribution is 5.86. The SMILES string of the molecule is Cc1c(OCC(=O)NCCC[NH+](C)C)ccc2c3c(c(=O)oc12)CCCC3. The molecule has 6 heteroatoms. The number of nitrogens with one attached hydrogen (secondary N) is 2. The van der Waals surface area contributed by atoms with Crippen LogP contribution in [0.1, 0.15) is 36.0 Å². The molecule has 6 nitrogen and oxygen atoms in total. The second-order valence-electron chi connectivity index (χ2n) is 7.57. The first-order valence-electron chi connectivity index (χ1n) is 9.74. The molecule has 1 amide bonds. The van der Waals surface area contributed by atoms with Crippen LogP contribution in [0.25, 0.3) is 11.0 Å². The van der Waals surface area contributed by atoms with E-state index >= 15 is 0 Å². The minimum Gasteiger partial charge on any atom is -0.483 e. The van der Waals surface area contributed by atoms with Crippen LogP contribution < -0.4 is 20.6 Å². The van der Waals surface area contributed by atoms with Crippen molar-refractivity contribution in [3.63, 3.8) is 0 Å². The minimum atomic E-state index is -0.238. The molecule has 1 heterocycles. The summed E-state index contributed by atoms with van der Waals surface area (Å²) >= 11 is 0. The second kappa shape index (κ2) is 8.57. The number of hydrogen-bond donors (Lipinski definition) is 2. The molecule has 0 aliphatic heterocycles. The highest BCUT2D eigenvalue weighted by atomic mass is 16.5. The van der Waals surface area contributed by atoms with Gasteiger partial charge in [0.1, 0.15) is 11.3 Å². The Morgan fingerprint density at radius 2 is 1.96 bits per heavy atom. The van der Waals surface area contributed by atoms with Crippen LogP contribution in [0.3, 0.4) is 0 Å². The van der Waals surface area contributed by atoms with Crippen molar-refractivity contribution in [2.24, 2.45) is 0 Å². The van der Waals surface area contributed by atoms with Gasteiger partial charge in [0.05, 0.1) is 20.6 Å². The molecule has 27 heavy (non-hydrogen) atoms. The molecule has 2 aromatic rings. The van der Waals surface area contributed by atoms with Crippen molar-refractivity contribution in [3.8, 4) is 5.75 Å². The maximum absolute atomic E-state index is 12.3. The van der Waals surface area contributed by atoms with Crippen molar-refractivity contribution in [3.05, 3.63) is 39.2 Å². The zero-order valence-corrected chi connectivity index (χ0v) is 16.4. The van der Waals surface area contributed by atoms with Gasteiger partial charge in [-0.3, -0.25) is 4.79 Å². The van der Waals surface area contributed by atoms with Crippen molar-refractivity contribution in [1.82, 2.24) is 5.32 Å². The molecule has 1 aromatic carbocycles. The lowest BCUT2D eigenvalue weighted by atomic mass is 9.90. The fourth-order valence-corrected chi connectivity index (χ4v) is 3.65. The lowest BCUT2D eigenvalue weighted by Gasteiger charge is -2.18. The van der Waals surface area contributed by atoms with E-state index in [0.717, 1.165) is 60.7 Å². The van der Waals surface area contributed by atoms with Gasteiger partial charge in [-0.1, -0.05) is 0 Å². The van der Waals surface area contributed by atoms with Crippen LogP contribution in [0, 0.1) is 6.92 Å². The van der Waals surface area contributed by atoms with Gasteiger partial charge in [-0.2, -0.15) is 0 Å². The number of hydrogen-bond acceptors (Lipinski definition) is 4. The molecule has 146 valence electrons. The van der Waals surface area contributed by atoms with E-state index in [9.17, 15) is 9.59 Å². The van der Waals surface area contributed by atoms with Crippen LogP contribution >= 0.6 is 0 Å². The molecule has 0 spiro atoms. The maximum atomic E-state index is 12.3. The van der Waals surface area contributed by atoms with E-state index < -0.39 is 0 Å². The number of benzene rings is 1. The van der Waals surface area contributed by atoms with E-state index in [-0.39, 0.29) is 18.1 Å². The normalized spacial score (nSPS) is 13.6. The fourth-order valence-electron chi connectivity index (χ4n) is 3.65. The van der Waals surface area contributed by atoms with Gasteiger partial charge in [0.25, 0.3) is 5.91 Å². The van der Waals surface area contributed by atoms with E-state index in [1.807, 2.05) is 19.1 Å². The van der Waals surface area contributed by atoms with Crippen LogP contribution in [0.4, 0.5) is 0 Å². The van der Waals surface area contributed by atoms with Crippen molar-refractivity contribution >= 4 is 16.9 Å². The number of aryl methyl sites for hydroxylation is 2. The summed E-state index contributed by atoms with van der Waals surface area (Å²) < 4.78 is 11.3. The molecular formula is C21H29N2O4+. The monoisotopic (exact) mass is 373 g/mol. The Bertz CT molecular complexity index is 886. The van der Waals surface area contributed by atoms with E-state index in [1.165, 1.54) is 4.90 Å². The highest BCUT2D eigenvalue weighted by Crippen LogP contribution is 2.32. The average molecular weight is 373 g/mol. The highest BCUT2D eigenvalue weighted by Gasteiger charge is 2.20. The number of carbonyl (C=O) groups is 1. The van der Waals surface area contributed by atoms with Gasteiger partial charge in [-0.05, 0) is 50.3 Å². The van der Waals surface area contributed by atoms with Crippen LogP contribution in [0.2, 0.25) is 0 Å². The summed E-state index contributed by atoms with van der Waals surface area (Å²) in [5.74, 6) is 0.435. The molecule has 0 saturated carbocycles. The van der Waals surface area contributed by atoms with Gasteiger partial charge in [0.15, 0.2) is 6.61 Å². The molecule has 0 radical (unpaired) electrons. The Morgan fingerprint density at radius 1 is 1.22 bits per heavy atom. The Hall–Kier alpha value is -2.34. The molecule has 0 bridgehead atoms. The summed E-state index contributed by atoms with van der Waals surface area (Å²) in [5.41, 5.74) is 3.04. The summed E-state index contributed by atoms with van der Waals surface area (Å²) in [7, 11) is 4.17. The first-order chi connectivity index (χ1) is 13.0. The number of carbonyl (C=O) groups excluding carboxylic acids is 1. The third-order valence-corrected chi connectivity index (χ3v) is 5.12. The van der Waals surface area contributed by atoms with Crippen molar-refractivity contribution in [2.75, 3.05) is 33.8 Å². The lowest BCUT2D eigenvalue weighted by molar-refractivity contribution is -0.858. The van der Waals surface area contributed by atoms with Gasteiger partial charge in [0.2, 0.25) is 0 Å². The van der Waals surface area contributed by atoms with Crippen molar-refractivity contribution in [1.29, 1.82) is 0 Å². The minimum absolute atomic E-state index is 0.0453. The van der Waals surface area contributed by atoms with E-state index in [4.69, 9.17) is 9.15 Å². The zero-order valence-electron chi connectivity index (χ0n) is 16.4. The number of rotatable bonds is 7. The topological polar surface area (TPSA) is 73.0 Å². The Balaban J connectivity index is 1.70. The summed E-state index contributed by atoms with van der Waals surface area (Å²) in [4.78, 5) is 25.7. The largest absolute Gasteiger partial charge is 0.483 e. The molecule has 1 aromatic heterocycles. The smallest absolute Gasteiger partial charge is 0.339 e. The molecule has 0 fully saturated rings. The summed E-state index contributed by atoms with van der Waals surface area (Å²) in [6.45, 7) is 3.48. The number of ether oxygens (including phenoxy) is 1. The molecule has 1 aliphatic rings. The zero-order chi connectivity index (χ0) is 19.4. The van der Waals surface area contributed by atoms with Gasteiger partial charge < -0.3 is 19.4 Å². The maximum Gasteiger partial charge on any atom is 0.339 e. The predicted molar refractivity (Wildman–Crippen MR) is 105 cm³/mol. The molecule has 2 N–H and O–H groups in total.